The molecule has 3 nitrogen and oxygen atoms in total. The molecule has 39 heavy (non-hydrogen) atoms. The Morgan fingerprint density at radius 1 is 0.769 bits per heavy atom. The number of allylic oxidation sites excluding steroid dienone is 3. The van der Waals surface area contributed by atoms with Gasteiger partial charge < -0.3 is 0 Å². The second kappa shape index (κ2) is 13.3. The number of hydrazone groups is 1. The molecular formula is C36H37N3. The van der Waals surface area contributed by atoms with Crippen LogP contribution in [0.4, 0.5) is 0 Å². The normalized spacial score (nSPS) is 12.1. The minimum absolute atomic E-state index is 0.599. The van der Waals surface area contributed by atoms with Gasteiger partial charge in [0.05, 0.1) is 6.54 Å². The summed E-state index contributed by atoms with van der Waals surface area (Å²) >= 11 is 0. The highest BCUT2D eigenvalue weighted by Gasteiger charge is 2.11. The van der Waals surface area contributed by atoms with Crippen molar-refractivity contribution < 1.29 is 0 Å². The van der Waals surface area contributed by atoms with Gasteiger partial charge in [0.15, 0.2) is 0 Å². The van der Waals surface area contributed by atoms with E-state index in [4.69, 9.17) is 4.99 Å². The van der Waals surface area contributed by atoms with Crippen LogP contribution in [0.2, 0.25) is 0 Å². The third kappa shape index (κ3) is 6.88. The molecule has 0 saturated heterocycles. The molecule has 3 heteroatoms. The molecule has 0 aliphatic heterocycles. The van der Waals surface area contributed by atoms with Crippen molar-refractivity contribution in [2.75, 3.05) is 7.05 Å². The molecule has 4 rings (SSSR count). The van der Waals surface area contributed by atoms with Crippen molar-refractivity contribution in [1.29, 1.82) is 0 Å². The van der Waals surface area contributed by atoms with Crippen molar-refractivity contribution in [3.05, 3.63) is 143 Å². The Kier molecular flexibility index (Phi) is 9.42. The molecule has 0 unspecified atom stereocenters. The van der Waals surface area contributed by atoms with E-state index in [-0.39, 0.29) is 0 Å². The van der Waals surface area contributed by atoms with Crippen LogP contribution < -0.4 is 0 Å². The lowest BCUT2D eigenvalue weighted by atomic mass is 9.89. The number of hydrogen-bond donors (Lipinski definition) is 0. The summed E-state index contributed by atoms with van der Waals surface area (Å²) in [7, 11) is 1.88. The second-order valence-corrected chi connectivity index (χ2v) is 9.71. The maximum Gasteiger partial charge on any atom is 0.147 e. The summed E-state index contributed by atoms with van der Waals surface area (Å²) in [5.41, 5.74) is 11.2. The number of rotatable bonds is 9. The minimum Gasteiger partial charge on any atom is -0.262 e. The van der Waals surface area contributed by atoms with Crippen LogP contribution in [0.25, 0.3) is 22.3 Å². The summed E-state index contributed by atoms with van der Waals surface area (Å²) in [6.07, 6.45) is 7.27. The molecule has 4 aromatic carbocycles. The molecule has 0 aromatic heterocycles. The van der Waals surface area contributed by atoms with E-state index in [1.54, 1.807) is 5.01 Å². The van der Waals surface area contributed by atoms with Crippen LogP contribution >= 0.6 is 0 Å². The molecular weight excluding hydrogens is 474 g/mol. The van der Waals surface area contributed by atoms with Gasteiger partial charge >= 0.3 is 0 Å². The SMILES string of the molecule is C=NN(C)C(=N\Cc1ccccc1)/C(C)=C/C=C\Cc1cccc(-c2cccc(-c3ccccc3)c2C)c1C. The van der Waals surface area contributed by atoms with Gasteiger partial charge in [-0.15, -0.1) is 0 Å². The molecule has 0 bridgehead atoms. The lowest BCUT2D eigenvalue weighted by Gasteiger charge is -2.16. The number of amidine groups is 1. The maximum absolute atomic E-state index is 4.80. The van der Waals surface area contributed by atoms with Crippen LogP contribution in [0.5, 0.6) is 0 Å². The number of benzene rings is 4. The van der Waals surface area contributed by atoms with Crippen LogP contribution in [-0.2, 0) is 13.0 Å². The molecule has 0 fully saturated rings. The Hall–Kier alpha value is -4.50. The monoisotopic (exact) mass is 511 g/mol. The van der Waals surface area contributed by atoms with E-state index in [1.807, 2.05) is 25.2 Å². The van der Waals surface area contributed by atoms with E-state index in [0.29, 0.717) is 6.54 Å². The van der Waals surface area contributed by atoms with Crippen LogP contribution in [0.3, 0.4) is 0 Å². The third-order valence-corrected chi connectivity index (χ3v) is 7.10. The van der Waals surface area contributed by atoms with Gasteiger partial charge in [-0.2, -0.15) is 5.10 Å². The second-order valence-electron chi connectivity index (χ2n) is 9.71. The summed E-state index contributed by atoms with van der Waals surface area (Å²) in [6, 6.07) is 34.1. The summed E-state index contributed by atoms with van der Waals surface area (Å²) in [4.78, 5) is 4.80. The zero-order chi connectivity index (χ0) is 27.6. The van der Waals surface area contributed by atoms with Crippen LogP contribution in [0.1, 0.15) is 29.2 Å². The Morgan fingerprint density at radius 2 is 1.38 bits per heavy atom. The van der Waals surface area contributed by atoms with Crippen LogP contribution in [-0.4, -0.2) is 24.6 Å². The summed E-state index contributed by atoms with van der Waals surface area (Å²) < 4.78 is 0. The molecule has 0 radical (unpaired) electrons. The molecule has 0 heterocycles. The first kappa shape index (κ1) is 27.5. The molecule has 4 aromatic rings. The lowest BCUT2D eigenvalue weighted by molar-refractivity contribution is 0.546. The van der Waals surface area contributed by atoms with E-state index >= 15 is 0 Å². The predicted octanol–water partition coefficient (Wildman–Crippen LogP) is 8.83. The molecule has 0 amide bonds. The number of aliphatic imine (C=N–C) groups is 1. The zero-order valence-corrected chi connectivity index (χ0v) is 23.4. The Balaban J connectivity index is 1.53. The van der Waals surface area contributed by atoms with Gasteiger partial charge in [0.2, 0.25) is 0 Å². The van der Waals surface area contributed by atoms with Crippen LogP contribution in [0, 0.1) is 13.8 Å². The van der Waals surface area contributed by atoms with E-state index in [0.717, 1.165) is 23.4 Å². The first-order valence-electron chi connectivity index (χ1n) is 13.4. The fourth-order valence-corrected chi connectivity index (χ4v) is 4.84. The van der Waals surface area contributed by atoms with Crippen molar-refractivity contribution in [2.24, 2.45) is 10.1 Å². The molecule has 0 saturated carbocycles. The zero-order valence-electron chi connectivity index (χ0n) is 23.4. The largest absolute Gasteiger partial charge is 0.262 e. The van der Waals surface area contributed by atoms with Gasteiger partial charge in [0, 0.05) is 13.8 Å². The van der Waals surface area contributed by atoms with Crippen molar-refractivity contribution in [3.8, 4) is 22.3 Å². The smallest absolute Gasteiger partial charge is 0.147 e. The molecule has 196 valence electrons. The summed E-state index contributed by atoms with van der Waals surface area (Å²) in [5.74, 6) is 0.811. The number of nitrogens with zero attached hydrogens (tertiary/aromatic N) is 3. The lowest BCUT2D eigenvalue weighted by Crippen LogP contribution is -2.22. The summed E-state index contributed by atoms with van der Waals surface area (Å²) in [6.45, 7) is 10.8. The van der Waals surface area contributed by atoms with Crippen molar-refractivity contribution in [1.82, 2.24) is 5.01 Å². The highest BCUT2D eigenvalue weighted by atomic mass is 15.4. The fourth-order valence-electron chi connectivity index (χ4n) is 4.84. The van der Waals surface area contributed by atoms with Gasteiger partial charge in [-0.1, -0.05) is 115 Å². The van der Waals surface area contributed by atoms with Gasteiger partial charge in [-0.25, -0.2) is 0 Å². The van der Waals surface area contributed by atoms with Crippen molar-refractivity contribution in [2.45, 2.75) is 33.7 Å². The highest BCUT2D eigenvalue weighted by Crippen LogP contribution is 2.34. The van der Waals surface area contributed by atoms with Crippen LogP contribution in [0.15, 0.2) is 131 Å². The van der Waals surface area contributed by atoms with Crippen molar-refractivity contribution >= 4 is 12.6 Å². The van der Waals surface area contributed by atoms with E-state index in [9.17, 15) is 0 Å². The number of hydrogen-bond acceptors (Lipinski definition) is 2. The molecule has 0 atom stereocenters. The average molecular weight is 512 g/mol. The first-order valence-corrected chi connectivity index (χ1v) is 13.4. The Morgan fingerprint density at radius 3 is 2.08 bits per heavy atom. The average Bonchev–Trinajstić information content (AvgIpc) is 2.97. The first-order chi connectivity index (χ1) is 19.0. The molecule has 0 aliphatic rings. The molecule has 0 spiro atoms. The standard InChI is InChI=1S/C36H37N3/c1-27(36(39(5)37-4)38-26-30-17-8-6-9-18-30)16-12-13-19-31-22-14-24-34(28(31)2)35-25-15-23-33(29(35)3)32-20-10-7-11-21-32/h6-18,20-25H,4,19,26H2,1-3,5H3/b13-12-,27-16+,38-36-. The van der Waals surface area contributed by atoms with E-state index in [2.05, 4.69) is 130 Å². The molecule has 0 aliphatic carbocycles. The Labute approximate surface area is 233 Å². The summed E-state index contributed by atoms with van der Waals surface area (Å²) in [5, 5.41) is 5.79. The topological polar surface area (TPSA) is 28.0 Å². The van der Waals surface area contributed by atoms with Gasteiger partial charge in [-0.3, -0.25) is 10.0 Å². The Bertz CT molecular complexity index is 1500. The third-order valence-electron chi connectivity index (χ3n) is 7.10. The quantitative estimate of drug-likeness (QED) is 0.0955. The van der Waals surface area contributed by atoms with Crippen molar-refractivity contribution in [3.63, 3.8) is 0 Å². The van der Waals surface area contributed by atoms with E-state index in [1.165, 1.54) is 38.9 Å². The van der Waals surface area contributed by atoms with Gasteiger partial charge in [0.25, 0.3) is 0 Å². The predicted molar refractivity (Wildman–Crippen MR) is 168 cm³/mol. The fraction of sp³-hybridized carbons (Fsp3) is 0.167. The van der Waals surface area contributed by atoms with Gasteiger partial charge in [-0.05, 0) is 77.3 Å². The maximum atomic E-state index is 4.80. The van der Waals surface area contributed by atoms with E-state index < -0.39 is 0 Å². The molecule has 0 N–H and O–H groups in total. The van der Waals surface area contributed by atoms with Gasteiger partial charge in [0.1, 0.15) is 5.84 Å². The highest BCUT2D eigenvalue weighted by molar-refractivity contribution is 5.97. The minimum atomic E-state index is 0.599. The number of likely N-dealkylation sites (N-methyl/N-ethyl adjacent to an activating group) is 1.